The highest BCUT2D eigenvalue weighted by Crippen LogP contribution is 2.55. The number of carbonyl (C=O) groups excluding carboxylic acids is 1. The summed E-state index contributed by atoms with van der Waals surface area (Å²) in [6, 6.07) is 3.78. The van der Waals surface area contributed by atoms with Crippen LogP contribution in [0.15, 0.2) is 23.8 Å². The van der Waals surface area contributed by atoms with Gasteiger partial charge in [-0.3, -0.25) is 4.79 Å². The first-order valence-electron chi connectivity index (χ1n) is 11.9. The third-order valence-corrected chi connectivity index (χ3v) is 7.89. The largest absolute Gasteiger partial charge is 0.508 e. The third kappa shape index (κ3) is 4.12. The van der Waals surface area contributed by atoms with Crippen molar-refractivity contribution >= 4 is 5.91 Å². The molecule has 0 radical (unpaired) electrons. The van der Waals surface area contributed by atoms with Gasteiger partial charge in [0.25, 0.3) is 0 Å². The molecule has 3 aliphatic rings. The Bertz CT molecular complexity index is 989. The molecular weight excluding hydrogens is 431 g/mol. The van der Waals surface area contributed by atoms with Crippen LogP contribution in [-0.4, -0.2) is 28.3 Å². The van der Waals surface area contributed by atoms with Crippen LogP contribution in [0.1, 0.15) is 90.2 Å². The standard InChI is InChI=1S/C26H34F3NO3/c1-6-9-23(2,3)16-13-19(31)21-17-12-15(22(32)30-25(10-11-25)26(27,28)29)7-8-18(17)24(4,5)33-20(21)14-16/h7,13-14,17-18,31H,6,8-12H2,1-5H3,(H,30,32)/t17-,18-/m1/s1. The Morgan fingerprint density at radius 1 is 1.24 bits per heavy atom. The fourth-order valence-corrected chi connectivity index (χ4v) is 5.64. The second kappa shape index (κ2) is 7.67. The topological polar surface area (TPSA) is 58.6 Å². The summed E-state index contributed by atoms with van der Waals surface area (Å²) in [7, 11) is 0. The van der Waals surface area contributed by atoms with Crippen molar-refractivity contribution < 1.29 is 27.8 Å². The molecule has 1 heterocycles. The number of aromatic hydroxyl groups is 1. The molecule has 1 saturated carbocycles. The number of carbonyl (C=O) groups is 1. The lowest BCUT2D eigenvalue weighted by Crippen LogP contribution is -2.50. The minimum Gasteiger partial charge on any atom is -0.508 e. The zero-order valence-electron chi connectivity index (χ0n) is 20.0. The van der Waals surface area contributed by atoms with Crippen molar-refractivity contribution in [1.29, 1.82) is 0 Å². The minimum absolute atomic E-state index is 0.000506. The van der Waals surface area contributed by atoms with Gasteiger partial charge < -0.3 is 15.2 Å². The lowest BCUT2D eigenvalue weighted by molar-refractivity contribution is -0.169. The molecule has 1 aromatic carbocycles. The maximum Gasteiger partial charge on any atom is 0.411 e. The highest BCUT2D eigenvalue weighted by Gasteiger charge is 2.64. The van der Waals surface area contributed by atoms with Crippen molar-refractivity contribution in [2.75, 3.05) is 0 Å². The Morgan fingerprint density at radius 3 is 2.48 bits per heavy atom. The maximum absolute atomic E-state index is 13.3. The quantitative estimate of drug-likeness (QED) is 0.539. The van der Waals surface area contributed by atoms with E-state index in [0.29, 0.717) is 23.3 Å². The molecule has 0 saturated heterocycles. The molecule has 2 atom stereocenters. The fourth-order valence-electron chi connectivity index (χ4n) is 5.64. The van der Waals surface area contributed by atoms with E-state index < -0.39 is 23.2 Å². The summed E-state index contributed by atoms with van der Waals surface area (Å²) < 4.78 is 46.4. The summed E-state index contributed by atoms with van der Waals surface area (Å²) in [5.74, 6) is -0.128. The van der Waals surface area contributed by atoms with Gasteiger partial charge in [-0.05, 0) is 69.1 Å². The molecule has 0 unspecified atom stereocenters. The Labute approximate surface area is 193 Å². The first-order valence-corrected chi connectivity index (χ1v) is 11.9. The Hall–Kier alpha value is -2.18. The number of amides is 1. The maximum atomic E-state index is 13.3. The second-order valence-electron chi connectivity index (χ2n) is 11.2. The van der Waals surface area contributed by atoms with Crippen molar-refractivity contribution in [3.05, 3.63) is 34.9 Å². The van der Waals surface area contributed by atoms with Gasteiger partial charge in [-0.1, -0.05) is 33.3 Å². The van der Waals surface area contributed by atoms with Crippen LogP contribution < -0.4 is 10.1 Å². The van der Waals surface area contributed by atoms with E-state index in [1.165, 1.54) is 0 Å². The van der Waals surface area contributed by atoms with E-state index in [9.17, 15) is 23.1 Å². The van der Waals surface area contributed by atoms with Crippen molar-refractivity contribution in [1.82, 2.24) is 5.32 Å². The molecule has 2 aliphatic carbocycles. The van der Waals surface area contributed by atoms with Crippen LogP contribution in [0, 0.1) is 5.92 Å². The number of phenolic OH excluding ortho intramolecular Hbond substituents is 1. The smallest absolute Gasteiger partial charge is 0.411 e. The number of ether oxygens (including phenoxy) is 1. The second-order valence-corrected chi connectivity index (χ2v) is 11.2. The van der Waals surface area contributed by atoms with E-state index in [4.69, 9.17) is 4.74 Å². The normalized spacial score (nSPS) is 25.3. The van der Waals surface area contributed by atoms with E-state index in [1.54, 1.807) is 12.1 Å². The zero-order chi connectivity index (χ0) is 24.4. The van der Waals surface area contributed by atoms with Crippen LogP contribution in [0.5, 0.6) is 11.5 Å². The number of benzene rings is 1. The molecule has 4 rings (SSSR count). The molecule has 2 N–H and O–H groups in total. The molecule has 0 aromatic heterocycles. The van der Waals surface area contributed by atoms with Gasteiger partial charge in [0.2, 0.25) is 5.91 Å². The Kier molecular flexibility index (Phi) is 5.57. The summed E-state index contributed by atoms with van der Waals surface area (Å²) in [5.41, 5.74) is -0.772. The van der Waals surface area contributed by atoms with Crippen LogP contribution in [0.2, 0.25) is 0 Å². The van der Waals surface area contributed by atoms with Crippen molar-refractivity contribution in [2.24, 2.45) is 5.92 Å². The minimum atomic E-state index is -4.45. The van der Waals surface area contributed by atoms with Gasteiger partial charge >= 0.3 is 6.18 Å². The number of rotatable bonds is 5. The van der Waals surface area contributed by atoms with Crippen LogP contribution in [0.25, 0.3) is 0 Å². The summed E-state index contributed by atoms with van der Waals surface area (Å²) in [4.78, 5) is 12.8. The zero-order valence-corrected chi connectivity index (χ0v) is 20.0. The van der Waals surface area contributed by atoms with Gasteiger partial charge in [0.05, 0.1) is 0 Å². The predicted octanol–water partition coefficient (Wildman–Crippen LogP) is 6.27. The number of phenols is 1. The number of hydrogen-bond acceptors (Lipinski definition) is 3. The lowest BCUT2D eigenvalue weighted by atomic mass is 9.66. The first kappa shape index (κ1) is 24.0. The molecule has 4 nitrogen and oxygen atoms in total. The average Bonchev–Trinajstić information content (AvgIpc) is 3.47. The number of halogens is 3. The van der Waals surface area contributed by atoms with Crippen LogP contribution in [-0.2, 0) is 10.2 Å². The third-order valence-electron chi connectivity index (χ3n) is 7.89. The summed E-state index contributed by atoms with van der Waals surface area (Å²) in [6.07, 6.45) is -0.136. The van der Waals surface area contributed by atoms with E-state index in [1.807, 2.05) is 19.9 Å². The van der Waals surface area contributed by atoms with E-state index in [2.05, 4.69) is 26.1 Å². The van der Waals surface area contributed by atoms with Crippen LogP contribution >= 0.6 is 0 Å². The van der Waals surface area contributed by atoms with Gasteiger partial charge in [0.1, 0.15) is 22.6 Å². The van der Waals surface area contributed by atoms with Crippen LogP contribution in [0.3, 0.4) is 0 Å². The van der Waals surface area contributed by atoms with Gasteiger partial charge in [-0.15, -0.1) is 0 Å². The monoisotopic (exact) mass is 465 g/mol. The number of allylic oxidation sites excluding steroid dienone is 1. The van der Waals surface area contributed by atoms with Crippen LogP contribution in [0.4, 0.5) is 13.2 Å². The van der Waals surface area contributed by atoms with Crippen molar-refractivity contribution in [3.63, 3.8) is 0 Å². The molecule has 0 bridgehead atoms. The highest BCUT2D eigenvalue weighted by molar-refractivity contribution is 5.94. The molecule has 182 valence electrons. The molecule has 1 fully saturated rings. The van der Waals surface area contributed by atoms with Gasteiger partial charge in [0, 0.05) is 23.0 Å². The van der Waals surface area contributed by atoms with Crippen molar-refractivity contribution in [3.8, 4) is 11.5 Å². The Balaban J connectivity index is 1.66. The number of hydrogen-bond donors (Lipinski definition) is 2. The fraction of sp³-hybridized carbons (Fsp3) is 0.654. The molecule has 0 spiro atoms. The highest BCUT2D eigenvalue weighted by atomic mass is 19.4. The van der Waals surface area contributed by atoms with Gasteiger partial charge in [0.15, 0.2) is 0 Å². The average molecular weight is 466 g/mol. The molecule has 7 heteroatoms. The summed E-state index contributed by atoms with van der Waals surface area (Å²) in [6.45, 7) is 10.4. The molecule has 1 aliphatic heterocycles. The van der Waals surface area contributed by atoms with Gasteiger partial charge in [-0.25, -0.2) is 0 Å². The number of fused-ring (bicyclic) bond motifs is 3. The number of alkyl halides is 3. The molecule has 33 heavy (non-hydrogen) atoms. The van der Waals surface area contributed by atoms with E-state index >= 15 is 0 Å². The summed E-state index contributed by atoms with van der Waals surface area (Å²) >= 11 is 0. The summed E-state index contributed by atoms with van der Waals surface area (Å²) in [5, 5.41) is 13.3. The van der Waals surface area contributed by atoms with E-state index in [-0.39, 0.29) is 42.3 Å². The Morgan fingerprint density at radius 2 is 1.91 bits per heavy atom. The lowest BCUT2D eigenvalue weighted by Gasteiger charge is -2.47. The number of nitrogens with one attached hydrogen (secondary N) is 1. The molecule has 1 amide bonds. The SMILES string of the molecule is CCCC(C)(C)c1cc(O)c2c(c1)OC(C)(C)[C@@H]1CC=C(C(=O)NC3(C(F)(F)F)CC3)C[C@@H]21. The predicted molar refractivity (Wildman–Crippen MR) is 120 cm³/mol. The van der Waals surface area contributed by atoms with Gasteiger partial charge in [-0.2, -0.15) is 13.2 Å². The van der Waals surface area contributed by atoms with E-state index in [0.717, 1.165) is 18.4 Å². The first-order chi connectivity index (χ1) is 15.2. The molecule has 1 aromatic rings. The van der Waals surface area contributed by atoms with Crippen molar-refractivity contribution in [2.45, 2.75) is 102 Å². The molecular formula is C26H34F3NO3.